The van der Waals surface area contributed by atoms with Crippen LogP contribution in [0.1, 0.15) is 11.6 Å². The van der Waals surface area contributed by atoms with Gasteiger partial charge in [0.05, 0.1) is 6.04 Å². The van der Waals surface area contributed by atoms with E-state index in [1.54, 1.807) is 0 Å². The smallest absolute Gasteiger partial charge is 0.403 e. The van der Waals surface area contributed by atoms with Crippen molar-refractivity contribution in [3.63, 3.8) is 0 Å². The molecule has 1 saturated heterocycles. The molecule has 118 valence electrons. The van der Waals surface area contributed by atoms with E-state index in [1.807, 2.05) is 4.90 Å². The van der Waals surface area contributed by atoms with Crippen molar-refractivity contribution in [2.45, 2.75) is 12.4 Å². The van der Waals surface area contributed by atoms with Crippen LogP contribution < -0.4 is 10.1 Å². The summed E-state index contributed by atoms with van der Waals surface area (Å²) < 4.78 is 66.7. The highest BCUT2D eigenvalue weighted by Gasteiger charge is 2.32. The van der Waals surface area contributed by atoms with E-state index in [4.69, 9.17) is 0 Å². The van der Waals surface area contributed by atoms with Gasteiger partial charge in [-0.25, -0.2) is 8.78 Å². The summed E-state index contributed by atoms with van der Waals surface area (Å²) in [6, 6.07) is 2.37. The Kier molecular flexibility index (Phi) is 5.00. The Bertz CT molecular complexity index is 474. The number of ether oxygens (including phenoxy) is 1. The molecule has 1 aromatic carbocycles. The SMILES string of the molecule is FC[C@@H](c1ccc(OC(F)(F)F)c(F)c1)N1CCNCC1. The number of nitrogens with zero attached hydrogens (tertiary/aromatic N) is 1. The lowest BCUT2D eigenvalue weighted by Crippen LogP contribution is -2.45. The van der Waals surface area contributed by atoms with Crippen LogP contribution >= 0.6 is 0 Å². The third kappa shape index (κ3) is 4.28. The van der Waals surface area contributed by atoms with E-state index in [1.165, 1.54) is 6.07 Å². The van der Waals surface area contributed by atoms with Crippen LogP contribution in [0, 0.1) is 5.82 Å². The average molecular weight is 310 g/mol. The van der Waals surface area contributed by atoms with Crippen LogP contribution in [-0.2, 0) is 0 Å². The van der Waals surface area contributed by atoms with Gasteiger partial charge >= 0.3 is 6.36 Å². The van der Waals surface area contributed by atoms with E-state index in [0.29, 0.717) is 31.7 Å². The largest absolute Gasteiger partial charge is 0.573 e. The summed E-state index contributed by atoms with van der Waals surface area (Å²) in [5.74, 6) is -2.07. The minimum absolute atomic E-state index is 0.298. The van der Waals surface area contributed by atoms with E-state index in [9.17, 15) is 22.0 Å². The molecule has 0 bridgehead atoms. The summed E-state index contributed by atoms with van der Waals surface area (Å²) in [6.07, 6.45) is -4.96. The molecule has 2 rings (SSSR count). The Labute approximate surface area is 118 Å². The fourth-order valence-corrected chi connectivity index (χ4v) is 2.32. The molecular weight excluding hydrogens is 295 g/mol. The Hall–Kier alpha value is -1.41. The first-order valence-corrected chi connectivity index (χ1v) is 6.46. The van der Waals surface area contributed by atoms with Crippen LogP contribution in [0.25, 0.3) is 0 Å². The number of nitrogens with one attached hydrogen (secondary N) is 1. The van der Waals surface area contributed by atoms with Gasteiger partial charge in [-0.05, 0) is 17.7 Å². The van der Waals surface area contributed by atoms with Crippen molar-refractivity contribution in [2.24, 2.45) is 0 Å². The Morgan fingerprint density at radius 1 is 1.24 bits per heavy atom. The molecule has 1 N–H and O–H groups in total. The fourth-order valence-electron chi connectivity index (χ4n) is 2.32. The van der Waals surface area contributed by atoms with Gasteiger partial charge in [0.2, 0.25) is 0 Å². The minimum atomic E-state index is -4.96. The van der Waals surface area contributed by atoms with E-state index >= 15 is 0 Å². The zero-order valence-electron chi connectivity index (χ0n) is 11.1. The number of benzene rings is 1. The van der Waals surface area contributed by atoms with Gasteiger partial charge in [0.15, 0.2) is 11.6 Å². The van der Waals surface area contributed by atoms with Gasteiger partial charge in [-0.2, -0.15) is 0 Å². The molecule has 0 radical (unpaired) electrons. The van der Waals surface area contributed by atoms with Crippen molar-refractivity contribution in [2.75, 3.05) is 32.9 Å². The lowest BCUT2D eigenvalue weighted by atomic mass is 10.1. The standard InChI is InChI=1S/C13H15F5N2O/c14-8-11(20-5-3-19-4-6-20)9-1-2-12(10(15)7-9)21-13(16,17)18/h1-2,7,11,19H,3-6,8H2/t11-/m0/s1. The van der Waals surface area contributed by atoms with E-state index in [-0.39, 0.29) is 0 Å². The molecule has 0 spiro atoms. The molecule has 0 amide bonds. The van der Waals surface area contributed by atoms with E-state index in [0.717, 1.165) is 12.1 Å². The van der Waals surface area contributed by atoms with Gasteiger partial charge in [0, 0.05) is 26.2 Å². The number of hydrogen-bond acceptors (Lipinski definition) is 3. The number of hydrogen-bond donors (Lipinski definition) is 1. The third-order valence-electron chi connectivity index (χ3n) is 3.30. The van der Waals surface area contributed by atoms with Gasteiger partial charge < -0.3 is 10.1 Å². The first-order valence-electron chi connectivity index (χ1n) is 6.46. The van der Waals surface area contributed by atoms with Crippen molar-refractivity contribution in [1.29, 1.82) is 0 Å². The summed E-state index contributed by atoms with van der Waals surface area (Å²) in [6.45, 7) is 1.83. The zero-order valence-corrected chi connectivity index (χ0v) is 11.1. The molecular formula is C13H15F5N2O. The van der Waals surface area contributed by atoms with Crippen molar-refractivity contribution < 1.29 is 26.7 Å². The minimum Gasteiger partial charge on any atom is -0.403 e. The predicted molar refractivity (Wildman–Crippen MR) is 66.2 cm³/mol. The highest BCUT2D eigenvalue weighted by Crippen LogP contribution is 2.29. The molecule has 1 atom stereocenters. The quantitative estimate of drug-likeness (QED) is 0.865. The molecule has 21 heavy (non-hydrogen) atoms. The molecule has 1 heterocycles. The summed E-state index contributed by atoms with van der Waals surface area (Å²) in [7, 11) is 0. The fraction of sp³-hybridized carbons (Fsp3) is 0.538. The monoisotopic (exact) mass is 310 g/mol. The lowest BCUT2D eigenvalue weighted by Gasteiger charge is -2.33. The van der Waals surface area contributed by atoms with Crippen LogP contribution in [0.2, 0.25) is 0 Å². The lowest BCUT2D eigenvalue weighted by molar-refractivity contribution is -0.275. The summed E-state index contributed by atoms with van der Waals surface area (Å²) in [4.78, 5) is 1.83. The molecule has 1 aliphatic heterocycles. The summed E-state index contributed by atoms with van der Waals surface area (Å²) in [5, 5.41) is 3.11. The molecule has 1 aromatic rings. The molecule has 1 aliphatic rings. The highest BCUT2D eigenvalue weighted by molar-refractivity contribution is 5.31. The van der Waals surface area contributed by atoms with Crippen molar-refractivity contribution in [3.8, 4) is 5.75 Å². The molecule has 3 nitrogen and oxygen atoms in total. The maximum Gasteiger partial charge on any atom is 0.573 e. The van der Waals surface area contributed by atoms with Crippen LogP contribution in [0.15, 0.2) is 18.2 Å². The van der Waals surface area contributed by atoms with E-state index < -0.39 is 30.6 Å². The van der Waals surface area contributed by atoms with E-state index in [2.05, 4.69) is 10.1 Å². The molecule has 0 aromatic heterocycles. The van der Waals surface area contributed by atoms with Crippen molar-refractivity contribution >= 4 is 0 Å². The second-order valence-corrected chi connectivity index (χ2v) is 4.69. The normalized spacial score (nSPS) is 18.5. The Balaban J connectivity index is 2.17. The average Bonchev–Trinajstić information content (AvgIpc) is 2.42. The van der Waals surface area contributed by atoms with Crippen LogP contribution in [0.3, 0.4) is 0 Å². The third-order valence-corrected chi connectivity index (χ3v) is 3.30. The second-order valence-electron chi connectivity index (χ2n) is 4.69. The predicted octanol–water partition coefficient (Wildman–Crippen LogP) is 2.64. The molecule has 0 unspecified atom stereocenters. The molecule has 1 fully saturated rings. The Morgan fingerprint density at radius 2 is 1.90 bits per heavy atom. The number of piperazine rings is 1. The molecule has 8 heteroatoms. The van der Waals surface area contributed by atoms with Gasteiger partial charge in [-0.1, -0.05) is 6.07 Å². The highest BCUT2D eigenvalue weighted by atomic mass is 19.4. The van der Waals surface area contributed by atoms with Crippen LogP contribution in [0.5, 0.6) is 5.75 Å². The van der Waals surface area contributed by atoms with Crippen LogP contribution in [-0.4, -0.2) is 44.1 Å². The van der Waals surface area contributed by atoms with Gasteiger partial charge in [0.1, 0.15) is 6.67 Å². The summed E-state index contributed by atoms with van der Waals surface area (Å²) in [5.41, 5.74) is 0.298. The first kappa shape index (κ1) is 16.0. The maximum absolute atomic E-state index is 13.7. The second kappa shape index (κ2) is 6.57. The van der Waals surface area contributed by atoms with Crippen LogP contribution in [0.4, 0.5) is 22.0 Å². The van der Waals surface area contributed by atoms with Crippen molar-refractivity contribution in [3.05, 3.63) is 29.6 Å². The maximum atomic E-state index is 13.7. The van der Waals surface area contributed by atoms with Crippen molar-refractivity contribution in [1.82, 2.24) is 10.2 Å². The zero-order chi connectivity index (χ0) is 15.5. The van der Waals surface area contributed by atoms with Gasteiger partial charge in [-0.3, -0.25) is 4.90 Å². The number of halogens is 5. The first-order chi connectivity index (χ1) is 9.90. The molecule has 0 aliphatic carbocycles. The number of alkyl halides is 4. The Morgan fingerprint density at radius 3 is 2.43 bits per heavy atom. The summed E-state index contributed by atoms with van der Waals surface area (Å²) >= 11 is 0. The number of rotatable bonds is 4. The van der Waals surface area contributed by atoms with Gasteiger partial charge in [0.25, 0.3) is 0 Å². The topological polar surface area (TPSA) is 24.5 Å². The van der Waals surface area contributed by atoms with Gasteiger partial charge in [-0.15, -0.1) is 13.2 Å². The molecule has 0 saturated carbocycles.